The van der Waals surface area contributed by atoms with Crippen molar-refractivity contribution in [2.75, 3.05) is 11.0 Å². The zero-order valence-electron chi connectivity index (χ0n) is 11.0. The SMILES string of the molecule is C=CS(=O)(=O)Oc1cccc(NS(C)(=O)=O)c1.[H-].[Na+]. The van der Waals surface area contributed by atoms with Gasteiger partial charge in [0.15, 0.2) is 0 Å². The fraction of sp³-hybridized carbons (Fsp3) is 0.111. The van der Waals surface area contributed by atoms with Gasteiger partial charge in [-0.3, -0.25) is 4.72 Å². The fourth-order valence-corrected chi connectivity index (χ4v) is 1.99. The second-order valence-corrected chi connectivity index (χ2v) is 6.38. The molecule has 0 aromatic heterocycles. The molecule has 0 saturated heterocycles. The Morgan fingerprint density at radius 1 is 1.33 bits per heavy atom. The Bertz CT molecular complexity index is 630. The molecule has 0 spiro atoms. The molecule has 1 rings (SSSR count). The van der Waals surface area contributed by atoms with E-state index in [0.29, 0.717) is 5.41 Å². The van der Waals surface area contributed by atoms with Gasteiger partial charge in [-0.25, -0.2) is 8.42 Å². The first-order chi connectivity index (χ1) is 7.72. The first kappa shape index (κ1) is 17.5. The Morgan fingerprint density at radius 3 is 2.44 bits per heavy atom. The van der Waals surface area contributed by atoms with Gasteiger partial charge in [0.1, 0.15) is 5.75 Å². The van der Waals surface area contributed by atoms with Gasteiger partial charge in [-0.1, -0.05) is 12.6 Å². The van der Waals surface area contributed by atoms with Crippen LogP contribution in [0, 0.1) is 0 Å². The summed E-state index contributed by atoms with van der Waals surface area (Å²) in [5.74, 6) is -0.00134. The third-order valence-corrected chi connectivity index (χ3v) is 2.99. The monoisotopic (exact) mass is 301 g/mol. The molecule has 0 aliphatic rings. The Hall–Kier alpha value is -0.540. The average Bonchev–Trinajstić information content (AvgIpc) is 2.14. The van der Waals surface area contributed by atoms with Crippen LogP contribution in [0.4, 0.5) is 5.69 Å². The van der Waals surface area contributed by atoms with Crippen LogP contribution in [-0.2, 0) is 20.1 Å². The summed E-state index contributed by atoms with van der Waals surface area (Å²) in [5.41, 5.74) is 0.212. The third-order valence-electron chi connectivity index (χ3n) is 1.55. The molecule has 0 aliphatic heterocycles. The molecule has 0 unspecified atom stereocenters. The van der Waals surface area contributed by atoms with Gasteiger partial charge in [-0.15, -0.1) is 0 Å². The summed E-state index contributed by atoms with van der Waals surface area (Å²) in [5, 5.41) is 0.656. The van der Waals surface area contributed by atoms with Crippen LogP contribution in [0.3, 0.4) is 0 Å². The molecule has 0 fully saturated rings. The van der Waals surface area contributed by atoms with Crippen molar-refractivity contribution in [3.05, 3.63) is 36.3 Å². The largest absolute Gasteiger partial charge is 1.00 e. The maximum absolute atomic E-state index is 11.1. The molecule has 1 aromatic rings. The Morgan fingerprint density at radius 2 is 1.94 bits per heavy atom. The summed E-state index contributed by atoms with van der Waals surface area (Å²) in [4.78, 5) is 0. The van der Waals surface area contributed by atoms with E-state index < -0.39 is 20.1 Å². The molecule has 0 heterocycles. The predicted octanol–water partition coefficient (Wildman–Crippen LogP) is -1.97. The fourth-order valence-electron chi connectivity index (χ4n) is 0.994. The minimum absolute atomic E-state index is 0. The standard InChI is InChI=1S/C9H11NO5S2.Na.H/c1-3-17(13,14)15-9-6-4-5-8(7-9)10-16(2,11)12;;/h3-7,10H,1H2,2H3;;/q;+1;-1. The van der Waals surface area contributed by atoms with Crippen LogP contribution in [0.2, 0.25) is 0 Å². The van der Waals surface area contributed by atoms with E-state index in [0.717, 1.165) is 6.26 Å². The maximum Gasteiger partial charge on any atom is 1.00 e. The number of nitrogens with one attached hydrogen (secondary N) is 1. The van der Waals surface area contributed by atoms with E-state index in [9.17, 15) is 16.8 Å². The topological polar surface area (TPSA) is 89.5 Å². The van der Waals surface area contributed by atoms with Crippen molar-refractivity contribution in [3.63, 3.8) is 0 Å². The van der Waals surface area contributed by atoms with Gasteiger partial charge < -0.3 is 5.61 Å². The van der Waals surface area contributed by atoms with Gasteiger partial charge in [-0.05, 0) is 12.1 Å². The van der Waals surface area contributed by atoms with Crippen molar-refractivity contribution in [3.8, 4) is 5.75 Å². The summed E-state index contributed by atoms with van der Waals surface area (Å²) in [7, 11) is -7.26. The summed E-state index contributed by atoms with van der Waals surface area (Å²) in [6, 6.07) is 5.56. The quantitative estimate of drug-likeness (QED) is 0.503. The van der Waals surface area contributed by atoms with E-state index in [1.165, 1.54) is 24.3 Å². The molecule has 1 aromatic carbocycles. The molecule has 0 bridgehead atoms. The second-order valence-electron chi connectivity index (χ2n) is 3.14. The molecule has 1 N–H and O–H groups in total. The molecule has 18 heavy (non-hydrogen) atoms. The average molecular weight is 301 g/mol. The first-order valence-corrected chi connectivity index (χ1v) is 7.73. The van der Waals surface area contributed by atoms with E-state index in [1.807, 2.05) is 0 Å². The molecule has 0 atom stereocenters. The number of hydrogen-bond donors (Lipinski definition) is 1. The van der Waals surface area contributed by atoms with Gasteiger partial charge in [-0.2, -0.15) is 8.42 Å². The molecule has 0 saturated carbocycles. The zero-order chi connectivity index (χ0) is 13.1. The predicted molar refractivity (Wildman–Crippen MR) is 65.8 cm³/mol. The molecule has 9 heteroatoms. The molecule has 0 amide bonds. The van der Waals surface area contributed by atoms with Crippen molar-refractivity contribution in [1.29, 1.82) is 0 Å². The Kier molecular flexibility index (Phi) is 6.38. The maximum atomic E-state index is 11.1. The molecule has 6 nitrogen and oxygen atoms in total. The molecule has 96 valence electrons. The van der Waals surface area contributed by atoms with Crippen LogP contribution in [0.1, 0.15) is 1.43 Å². The summed E-state index contributed by atoms with van der Waals surface area (Å²) < 4.78 is 50.9. The van der Waals surface area contributed by atoms with Gasteiger partial charge in [0.05, 0.1) is 17.4 Å². The summed E-state index contributed by atoms with van der Waals surface area (Å²) >= 11 is 0. The van der Waals surface area contributed by atoms with E-state index >= 15 is 0 Å². The zero-order valence-corrected chi connectivity index (χ0v) is 13.6. The van der Waals surface area contributed by atoms with Crippen molar-refractivity contribution >= 4 is 25.8 Å². The van der Waals surface area contributed by atoms with E-state index in [-0.39, 0.29) is 42.4 Å². The Labute approximate surface area is 130 Å². The first-order valence-electron chi connectivity index (χ1n) is 4.37. The number of rotatable bonds is 5. The minimum atomic E-state index is -3.85. The van der Waals surface area contributed by atoms with Crippen LogP contribution >= 0.6 is 0 Å². The summed E-state index contributed by atoms with van der Waals surface area (Å²) in [6.07, 6.45) is 0.987. The molecule has 0 aliphatic carbocycles. The van der Waals surface area contributed by atoms with Crippen molar-refractivity contribution in [1.82, 2.24) is 0 Å². The van der Waals surface area contributed by atoms with E-state index in [2.05, 4.69) is 15.5 Å². The van der Waals surface area contributed by atoms with Gasteiger partial charge in [0.2, 0.25) is 10.0 Å². The smallest absolute Gasteiger partial charge is 1.00 e. The van der Waals surface area contributed by atoms with Crippen molar-refractivity contribution in [2.24, 2.45) is 0 Å². The number of benzene rings is 1. The van der Waals surface area contributed by atoms with E-state index in [1.54, 1.807) is 0 Å². The molecular weight excluding hydrogens is 289 g/mol. The van der Waals surface area contributed by atoms with Crippen LogP contribution in [0.5, 0.6) is 5.75 Å². The van der Waals surface area contributed by atoms with Crippen molar-refractivity contribution < 1.29 is 52.0 Å². The molecular formula is C9H12NNaO5S2. The van der Waals surface area contributed by atoms with Crippen LogP contribution < -0.4 is 38.5 Å². The molecule has 0 radical (unpaired) electrons. The number of anilines is 1. The minimum Gasteiger partial charge on any atom is -1.00 e. The van der Waals surface area contributed by atoms with Crippen molar-refractivity contribution in [2.45, 2.75) is 0 Å². The van der Waals surface area contributed by atoms with Gasteiger partial charge in [0.25, 0.3) is 0 Å². The number of hydrogen-bond acceptors (Lipinski definition) is 5. The van der Waals surface area contributed by atoms with Gasteiger partial charge in [0, 0.05) is 6.07 Å². The summed E-state index contributed by atoms with van der Waals surface area (Å²) in [6.45, 7) is 3.09. The van der Waals surface area contributed by atoms with Crippen LogP contribution in [-0.4, -0.2) is 23.1 Å². The van der Waals surface area contributed by atoms with Gasteiger partial charge >= 0.3 is 39.7 Å². The third kappa shape index (κ3) is 6.41. The normalized spacial score (nSPS) is 11.2. The van der Waals surface area contributed by atoms with E-state index in [4.69, 9.17) is 0 Å². The number of sulfonamides is 1. The van der Waals surface area contributed by atoms with Crippen LogP contribution in [0.15, 0.2) is 36.3 Å². The Balaban J connectivity index is 0. The second kappa shape index (κ2) is 6.58. The van der Waals surface area contributed by atoms with Crippen LogP contribution in [0.25, 0.3) is 0 Å².